The van der Waals surface area contributed by atoms with E-state index in [-0.39, 0.29) is 18.2 Å². The van der Waals surface area contributed by atoms with E-state index in [1.54, 1.807) is 12.4 Å². The van der Waals surface area contributed by atoms with Gasteiger partial charge in [0, 0.05) is 24.9 Å². The summed E-state index contributed by atoms with van der Waals surface area (Å²) in [6.45, 7) is 3.29. The second kappa shape index (κ2) is 5.67. The van der Waals surface area contributed by atoms with Crippen LogP contribution in [0.3, 0.4) is 0 Å². The number of aromatic nitrogens is 2. The predicted molar refractivity (Wildman–Crippen MR) is 62.5 cm³/mol. The quantitative estimate of drug-likeness (QED) is 0.730. The van der Waals surface area contributed by atoms with E-state index in [1.165, 1.54) is 0 Å². The van der Waals surface area contributed by atoms with Crippen molar-refractivity contribution in [1.82, 2.24) is 20.8 Å². The van der Waals surface area contributed by atoms with Gasteiger partial charge in [-0.1, -0.05) is 0 Å². The van der Waals surface area contributed by atoms with Crippen LogP contribution in [0, 0.1) is 0 Å². The van der Waals surface area contributed by atoms with E-state index in [2.05, 4.69) is 20.8 Å². The number of ether oxygens (including phenoxy) is 1. The lowest BCUT2D eigenvalue weighted by Gasteiger charge is -2.15. The summed E-state index contributed by atoms with van der Waals surface area (Å²) in [6.07, 6.45) is 5.75. The average Bonchev–Trinajstić information content (AvgIpc) is 2.99. The van der Waals surface area contributed by atoms with E-state index in [0.717, 1.165) is 25.0 Å². The van der Waals surface area contributed by atoms with Crippen molar-refractivity contribution in [2.45, 2.75) is 31.9 Å². The smallest absolute Gasteiger partial charge is 0.315 e. The van der Waals surface area contributed by atoms with Gasteiger partial charge in [-0.15, -0.1) is 0 Å². The van der Waals surface area contributed by atoms with Crippen molar-refractivity contribution in [2.24, 2.45) is 0 Å². The Bertz CT molecular complexity index is 346. The van der Waals surface area contributed by atoms with Crippen molar-refractivity contribution in [3.8, 4) is 0 Å². The van der Waals surface area contributed by atoms with Crippen molar-refractivity contribution in [3.63, 3.8) is 0 Å². The molecule has 2 heterocycles. The molecule has 2 unspecified atom stereocenters. The van der Waals surface area contributed by atoms with Crippen molar-refractivity contribution in [3.05, 3.63) is 18.0 Å². The van der Waals surface area contributed by atoms with Gasteiger partial charge in [-0.3, -0.25) is 5.10 Å². The van der Waals surface area contributed by atoms with Gasteiger partial charge >= 0.3 is 6.03 Å². The van der Waals surface area contributed by atoms with Crippen LogP contribution in [0.25, 0.3) is 0 Å². The molecule has 0 aliphatic carbocycles. The van der Waals surface area contributed by atoms with Gasteiger partial charge in [0.2, 0.25) is 0 Å². The highest BCUT2D eigenvalue weighted by atomic mass is 16.5. The van der Waals surface area contributed by atoms with E-state index < -0.39 is 0 Å². The van der Waals surface area contributed by atoms with E-state index in [0.29, 0.717) is 6.54 Å². The van der Waals surface area contributed by atoms with E-state index in [9.17, 15) is 4.79 Å². The Morgan fingerprint density at radius 3 is 3.29 bits per heavy atom. The lowest BCUT2D eigenvalue weighted by atomic mass is 10.2. The van der Waals surface area contributed by atoms with Gasteiger partial charge in [-0.2, -0.15) is 5.10 Å². The second-order valence-electron chi connectivity index (χ2n) is 4.24. The molecule has 1 aliphatic rings. The summed E-state index contributed by atoms with van der Waals surface area (Å²) >= 11 is 0. The van der Waals surface area contributed by atoms with Crippen molar-refractivity contribution in [2.75, 3.05) is 13.2 Å². The van der Waals surface area contributed by atoms with Gasteiger partial charge in [0.15, 0.2) is 0 Å². The Labute approximate surface area is 100 Å². The zero-order valence-corrected chi connectivity index (χ0v) is 9.90. The Morgan fingerprint density at radius 2 is 2.65 bits per heavy atom. The van der Waals surface area contributed by atoms with E-state index in [4.69, 9.17) is 4.74 Å². The number of carbonyl (C=O) groups is 1. The maximum absolute atomic E-state index is 11.6. The molecule has 0 saturated carbocycles. The van der Waals surface area contributed by atoms with Crippen LogP contribution >= 0.6 is 0 Å². The molecule has 1 fully saturated rings. The molecule has 6 nitrogen and oxygen atoms in total. The molecule has 3 N–H and O–H groups in total. The third kappa shape index (κ3) is 3.45. The number of nitrogens with one attached hydrogen (secondary N) is 3. The lowest BCUT2D eigenvalue weighted by molar-refractivity contribution is 0.111. The van der Waals surface area contributed by atoms with Crippen LogP contribution in [-0.4, -0.2) is 35.5 Å². The molecule has 2 rings (SSSR count). The number of aromatic amines is 1. The molecule has 1 aliphatic heterocycles. The van der Waals surface area contributed by atoms with Crippen molar-refractivity contribution >= 4 is 6.03 Å². The Morgan fingerprint density at radius 1 is 1.76 bits per heavy atom. The van der Waals surface area contributed by atoms with Gasteiger partial charge in [0.25, 0.3) is 0 Å². The zero-order valence-electron chi connectivity index (χ0n) is 9.90. The van der Waals surface area contributed by atoms with Crippen LogP contribution in [-0.2, 0) is 4.74 Å². The first-order chi connectivity index (χ1) is 8.25. The van der Waals surface area contributed by atoms with Crippen molar-refractivity contribution < 1.29 is 9.53 Å². The third-order valence-electron chi connectivity index (χ3n) is 2.88. The number of carbonyl (C=O) groups excluding carboxylic acids is 1. The molecule has 1 saturated heterocycles. The SMILES string of the molecule is CC(NC(=O)NCC1CCCO1)c1cn[nH]c1. The first-order valence-corrected chi connectivity index (χ1v) is 5.90. The maximum atomic E-state index is 11.6. The number of hydrogen-bond acceptors (Lipinski definition) is 3. The molecule has 2 atom stereocenters. The van der Waals surface area contributed by atoms with Gasteiger partial charge in [0.05, 0.1) is 18.3 Å². The highest BCUT2D eigenvalue weighted by molar-refractivity contribution is 5.74. The van der Waals surface area contributed by atoms with Gasteiger partial charge in [-0.05, 0) is 19.8 Å². The molecular weight excluding hydrogens is 220 g/mol. The van der Waals surface area contributed by atoms with Gasteiger partial charge in [0.1, 0.15) is 0 Å². The largest absolute Gasteiger partial charge is 0.376 e. The highest BCUT2D eigenvalue weighted by Gasteiger charge is 2.17. The number of nitrogens with zero attached hydrogens (tertiary/aromatic N) is 1. The van der Waals surface area contributed by atoms with Crippen LogP contribution < -0.4 is 10.6 Å². The molecule has 1 aromatic heterocycles. The number of amides is 2. The number of urea groups is 1. The summed E-state index contributed by atoms with van der Waals surface area (Å²) in [5, 5.41) is 12.2. The molecule has 2 amide bonds. The second-order valence-corrected chi connectivity index (χ2v) is 4.24. The Kier molecular flexibility index (Phi) is 3.98. The minimum atomic E-state index is -0.172. The fraction of sp³-hybridized carbons (Fsp3) is 0.636. The molecule has 94 valence electrons. The number of rotatable bonds is 4. The Balaban J connectivity index is 1.69. The monoisotopic (exact) mass is 238 g/mol. The van der Waals surface area contributed by atoms with Crippen LogP contribution in [0.2, 0.25) is 0 Å². The van der Waals surface area contributed by atoms with E-state index >= 15 is 0 Å². The third-order valence-corrected chi connectivity index (χ3v) is 2.88. The summed E-state index contributed by atoms with van der Waals surface area (Å²) < 4.78 is 5.42. The first kappa shape index (κ1) is 11.9. The summed E-state index contributed by atoms with van der Waals surface area (Å²) in [4.78, 5) is 11.6. The summed E-state index contributed by atoms with van der Waals surface area (Å²) in [5.41, 5.74) is 0.956. The molecule has 0 radical (unpaired) electrons. The topological polar surface area (TPSA) is 79.0 Å². The highest BCUT2D eigenvalue weighted by Crippen LogP contribution is 2.11. The first-order valence-electron chi connectivity index (χ1n) is 5.90. The maximum Gasteiger partial charge on any atom is 0.315 e. The Hall–Kier alpha value is -1.56. The molecule has 0 aromatic carbocycles. The molecule has 6 heteroatoms. The minimum absolute atomic E-state index is 0.0572. The van der Waals surface area contributed by atoms with Gasteiger partial charge < -0.3 is 15.4 Å². The lowest BCUT2D eigenvalue weighted by Crippen LogP contribution is -2.40. The molecular formula is C11H18N4O2. The standard InChI is InChI=1S/C11H18N4O2/c1-8(9-5-13-14-6-9)15-11(16)12-7-10-3-2-4-17-10/h5-6,8,10H,2-4,7H2,1H3,(H,13,14)(H2,12,15,16). The van der Waals surface area contributed by atoms with Gasteiger partial charge in [-0.25, -0.2) is 4.79 Å². The zero-order chi connectivity index (χ0) is 12.1. The van der Waals surface area contributed by atoms with Crippen LogP contribution in [0.15, 0.2) is 12.4 Å². The summed E-state index contributed by atoms with van der Waals surface area (Å²) in [6, 6.07) is -0.229. The fourth-order valence-electron chi connectivity index (χ4n) is 1.84. The molecule has 17 heavy (non-hydrogen) atoms. The summed E-state index contributed by atoms with van der Waals surface area (Å²) in [5.74, 6) is 0. The molecule has 0 spiro atoms. The number of H-pyrrole nitrogens is 1. The molecule has 1 aromatic rings. The minimum Gasteiger partial charge on any atom is -0.376 e. The average molecular weight is 238 g/mol. The van der Waals surface area contributed by atoms with Crippen LogP contribution in [0.4, 0.5) is 4.79 Å². The van der Waals surface area contributed by atoms with Crippen LogP contribution in [0.1, 0.15) is 31.4 Å². The summed E-state index contributed by atoms with van der Waals surface area (Å²) in [7, 11) is 0. The van der Waals surface area contributed by atoms with E-state index in [1.807, 2.05) is 6.92 Å². The molecule has 0 bridgehead atoms. The van der Waals surface area contributed by atoms with Crippen molar-refractivity contribution in [1.29, 1.82) is 0 Å². The number of hydrogen-bond donors (Lipinski definition) is 3. The normalized spacial score (nSPS) is 21.1. The predicted octanol–water partition coefficient (Wildman–Crippen LogP) is 0.949. The fourth-order valence-corrected chi connectivity index (χ4v) is 1.84. The van der Waals surface area contributed by atoms with Crippen LogP contribution in [0.5, 0.6) is 0 Å².